The van der Waals surface area contributed by atoms with E-state index in [0.717, 1.165) is 10.9 Å². The van der Waals surface area contributed by atoms with Gasteiger partial charge in [-0.3, -0.25) is 0 Å². The first-order chi connectivity index (χ1) is 10.3. The fourth-order valence-electron chi connectivity index (χ4n) is 2.08. The molecular formula is C18H21NOSe. The molecule has 0 bridgehead atoms. The van der Waals surface area contributed by atoms with E-state index in [1.54, 1.807) is 0 Å². The fourth-order valence-corrected chi connectivity index (χ4v) is 4.23. The molecule has 0 saturated heterocycles. The van der Waals surface area contributed by atoms with Crippen LogP contribution in [0.2, 0.25) is 5.32 Å². The summed E-state index contributed by atoms with van der Waals surface area (Å²) in [6, 6.07) is 20.4. The van der Waals surface area contributed by atoms with Crippen LogP contribution in [0.25, 0.3) is 0 Å². The Morgan fingerprint density at radius 3 is 2.29 bits per heavy atom. The van der Waals surface area contributed by atoms with Crippen LogP contribution >= 0.6 is 0 Å². The van der Waals surface area contributed by atoms with Gasteiger partial charge in [0.25, 0.3) is 0 Å². The maximum atomic E-state index is 10.6. The Morgan fingerprint density at radius 2 is 1.67 bits per heavy atom. The summed E-state index contributed by atoms with van der Waals surface area (Å²) in [5.41, 5.74) is 0.961. The monoisotopic (exact) mass is 347 g/mol. The molecule has 0 aliphatic rings. The molecule has 0 radical (unpaired) electrons. The van der Waals surface area contributed by atoms with Gasteiger partial charge in [0.15, 0.2) is 0 Å². The van der Waals surface area contributed by atoms with Crippen molar-refractivity contribution in [3.63, 3.8) is 0 Å². The van der Waals surface area contributed by atoms with Gasteiger partial charge in [-0.2, -0.15) is 0 Å². The molecule has 2 rings (SSSR count). The van der Waals surface area contributed by atoms with Gasteiger partial charge in [0.2, 0.25) is 0 Å². The van der Waals surface area contributed by atoms with Crippen LogP contribution < -0.4 is 9.78 Å². The van der Waals surface area contributed by atoms with Gasteiger partial charge in [-0.15, -0.1) is 0 Å². The van der Waals surface area contributed by atoms with Gasteiger partial charge in [-0.25, -0.2) is 0 Å². The maximum absolute atomic E-state index is 10.6. The molecule has 110 valence electrons. The van der Waals surface area contributed by atoms with E-state index < -0.39 is 6.10 Å². The van der Waals surface area contributed by atoms with E-state index in [2.05, 4.69) is 36.2 Å². The summed E-state index contributed by atoms with van der Waals surface area (Å²) >= 11 is 0.343. The van der Waals surface area contributed by atoms with Crippen LogP contribution in [-0.4, -0.2) is 32.6 Å². The minimum absolute atomic E-state index is 0.0469. The van der Waals surface area contributed by atoms with Crippen LogP contribution in [0.5, 0.6) is 0 Å². The van der Waals surface area contributed by atoms with Gasteiger partial charge in [-0.1, -0.05) is 0 Å². The first-order valence-corrected chi connectivity index (χ1v) is 9.13. The van der Waals surface area contributed by atoms with Crippen molar-refractivity contribution in [3.05, 3.63) is 78.9 Å². The van der Waals surface area contributed by atoms with Crippen molar-refractivity contribution < 1.29 is 5.11 Å². The summed E-state index contributed by atoms with van der Waals surface area (Å²) in [6.45, 7) is 4.45. The summed E-state index contributed by atoms with van der Waals surface area (Å²) in [4.78, 5) is 0. The molecule has 2 unspecified atom stereocenters. The summed E-state index contributed by atoms with van der Waals surface area (Å²) < 4.78 is 1.36. The summed E-state index contributed by atoms with van der Waals surface area (Å²) in [5, 5.41) is 14.9. The molecule has 2 N–H and O–H groups in total. The molecule has 0 aromatic heterocycles. The molecule has 2 nitrogen and oxygen atoms in total. The minimum atomic E-state index is -0.489. The molecule has 0 amide bonds. The third kappa shape index (κ3) is 5.14. The van der Waals surface area contributed by atoms with Crippen molar-refractivity contribution in [2.24, 2.45) is 0 Å². The molecule has 0 aliphatic heterocycles. The average Bonchev–Trinajstić information content (AvgIpc) is 2.56. The zero-order valence-electron chi connectivity index (χ0n) is 12.0. The second-order valence-corrected chi connectivity index (χ2v) is 7.08. The molecule has 0 fully saturated rings. The van der Waals surface area contributed by atoms with Gasteiger partial charge in [0.05, 0.1) is 0 Å². The second kappa shape index (κ2) is 8.81. The van der Waals surface area contributed by atoms with E-state index in [1.807, 2.05) is 42.5 Å². The standard InChI is InChI=1S/C18H21NOSe/c1-2-13-19-17(14-21-16-11-7-4-8-12-16)18(20)15-9-5-3-6-10-15/h2-12,17-20H,1,13-14H2. The number of aliphatic hydroxyl groups is 1. The first kappa shape index (κ1) is 16.0. The van der Waals surface area contributed by atoms with Crippen molar-refractivity contribution in [1.29, 1.82) is 0 Å². The molecule has 2 aromatic rings. The zero-order valence-corrected chi connectivity index (χ0v) is 13.7. The molecule has 0 heterocycles. The van der Waals surface area contributed by atoms with Gasteiger partial charge < -0.3 is 0 Å². The third-order valence-electron chi connectivity index (χ3n) is 3.22. The van der Waals surface area contributed by atoms with Crippen molar-refractivity contribution in [1.82, 2.24) is 5.32 Å². The first-order valence-electron chi connectivity index (χ1n) is 7.06. The van der Waals surface area contributed by atoms with Gasteiger partial charge >= 0.3 is 133 Å². The number of nitrogens with one attached hydrogen (secondary N) is 1. The average molecular weight is 346 g/mol. The van der Waals surface area contributed by atoms with Crippen molar-refractivity contribution >= 4 is 19.4 Å². The zero-order chi connectivity index (χ0) is 14.9. The molecule has 21 heavy (non-hydrogen) atoms. The van der Waals surface area contributed by atoms with Crippen molar-refractivity contribution in [2.45, 2.75) is 17.5 Å². The van der Waals surface area contributed by atoms with E-state index in [9.17, 15) is 5.11 Å². The van der Waals surface area contributed by atoms with E-state index in [4.69, 9.17) is 0 Å². The Bertz CT molecular complexity index is 529. The Balaban J connectivity index is 2.01. The SMILES string of the molecule is C=CCNC(C[Se]c1ccccc1)C(O)c1ccccc1. The van der Waals surface area contributed by atoms with Gasteiger partial charge in [0.1, 0.15) is 0 Å². The number of benzene rings is 2. The van der Waals surface area contributed by atoms with Crippen LogP contribution in [0, 0.1) is 0 Å². The van der Waals surface area contributed by atoms with Crippen LogP contribution in [0.15, 0.2) is 73.3 Å². The van der Waals surface area contributed by atoms with Crippen LogP contribution in [0.3, 0.4) is 0 Å². The summed E-state index contributed by atoms with van der Waals surface area (Å²) in [6.07, 6.45) is 1.34. The number of hydrogen-bond donors (Lipinski definition) is 2. The van der Waals surface area contributed by atoms with Crippen LogP contribution in [0.1, 0.15) is 11.7 Å². The van der Waals surface area contributed by atoms with Crippen LogP contribution in [-0.2, 0) is 0 Å². The Morgan fingerprint density at radius 1 is 1.05 bits per heavy atom. The van der Waals surface area contributed by atoms with Gasteiger partial charge in [-0.05, 0) is 0 Å². The fraction of sp³-hybridized carbons (Fsp3) is 0.222. The van der Waals surface area contributed by atoms with Crippen LogP contribution in [0.4, 0.5) is 0 Å². The van der Waals surface area contributed by atoms with E-state index in [-0.39, 0.29) is 6.04 Å². The number of hydrogen-bond acceptors (Lipinski definition) is 2. The molecule has 2 aromatic carbocycles. The quantitative estimate of drug-likeness (QED) is 0.568. The number of rotatable bonds is 8. The molecule has 2 atom stereocenters. The van der Waals surface area contributed by atoms with E-state index in [1.165, 1.54) is 4.46 Å². The Kier molecular flexibility index (Phi) is 6.71. The Labute approximate surface area is 133 Å². The topological polar surface area (TPSA) is 32.3 Å². The van der Waals surface area contributed by atoms with E-state index >= 15 is 0 Å². The third-order valence-corrected chi connectivity index (χ3v) is 5.59. The predicted molar refractivity (Wildman–Crippen MR) is 90.0 cm³/mol. The number of aliphatic hydroxyl groups excluding tert-OH is 1. The van der Waals surface area contributed by atoms with E-state index in [0.29, 0.717) is 21.5 Å². The molecule has 0 saturated carbocycles. The summed E-state index contributed by atoms with van der Waals surface area (Å²) in [7, 11) is 0. The molecular weight excluding hydrogens is 325 g/mol. The van der Waals surface area contributed by atoms with Gasteiger partial charge in [0, 0.05) is 0 Å². The summed E-state index contributed by atoms with van der Waals surface area (Å²) in [5.74, 6) is 0. The normalized spacial score (nSPS) is 13.6. The van der Waals surface area contributed by atoms with Crippen molar-refractivity contribution in [2.75, 3.05) is 6.54 Å². The molecule has 0 spiro atoms. The Hall–Kier alpha value is -1.38. The second-order valence-electron chi connectivity index (χ2n) is 4.78. The van der Waals surface area contributed by atoms with Crippen molar-refractivity contribution in [3.8, 4) is 0 Å². The molecule has 3 heteroatoms. The predicted octanol–water partition coefficient (Wildman–Crippen LogP) is 2.31. The molecule has 0 aliphatic carbocycles.